The molecule has 0 radical (unpaired) electrons. The smallest absolute Gasteiger partial charge is 0.148 e. The molecule has 3 nitrogen and oxygen atoms in total. The number of nitrogens with zero attached hydrogens (tertiary/aromatic N) is 1. The molecule has 0 saturated carbocycles. The van der Waals surface area contributed by atoms with Gasteiger partial charge in [-0.2, -0.15) is 5.26 Å². The van der Waals surface area contributed by atoms with Crippen LogP contribution in [-0.2, 0) is 5.54 Å². The number of anilines is 1. The lowest BCUT2D eigenvalue weighted by atomic mass is 9.93. The first-order valence-electron chi connectivity index (χ1n) is 5.88. The van der Waals surface area contributed by atoms with Gasteiger partial charge in [-0.1, -0.05) is 23.7 Å². The zero-order valence-corrected chi connectivity index (χ0v) is 13.0. The minimum atomic E-state index is -0.902. The normalized spacial score (nSPS) is 13.3. The molecule has 0 saturated heterocycles. The van der Waals surface area contributed by atoms with Gasteiger partial charge >= 0.3 is 0 Å². The van der Waals surface area contributed by atoms with Crippen molar-refractivity contribution in [3.05, 3.63) is 57.5 Å². The molecule has 0 aliphatic heterocycles. The van der Waals surface area contributed by atoms with E-state index in [1.807, 2.05) is 12.1 Å². The number of hydrogen-bond donors (Lipinski definition) is 2. The summed E-state index contributed by atoms with van der Waals surface area (Å²) in [5.41, 5.74) is 0.642. The number of aromatic hydroxyl groups is 1. The summed E-state index contributed by atoms with van der Waals surface area (Å²) in [7, 11) is 0. The molecule has 2 aromatic carbocycles. The van der Waals surface area contributed by atoms with Crippen LogP contribution in [0.15, 0.2) is 46.9 Å². The number of hydrogen-bond acceptors (Lipinski definition) is 3. The van der Waals surface area contributed by atoms with Gasteiger partial charge in [0.25, 0.3) is 0 Å². The van der Waals surface area contributed by atoms with Crippen LogP contribution in [0.2, 0.25) is 5.02 Å². The molecule has 0 aliphatic carbocycles. The zero-order chi connectivity index (χ0) is 14.8. The Bertz CT molecular complexity index is 667. The molecule has 0 fully saturated rings. The highest BCUT2D eigenvalue weighted by molar-refractivity contribution is 9.10. The van der Waals surface area contributed by atoms with E-state index in [-0.39, 0.29) is 5.75 Å². The standard InChI is InChI=1S/C15H12BrClN2O/c1-15(9-18,10-2-5-12(20)6-3-10)19-11-4-7-14(17)13(16)8-11/h2-8,19-20H,1H3. The van der Waals surface area contributed by atoms with E-state index in [0.29, 0.717) is 5.02 Å². The fourth-order valence-electron chi connectivity index (χ4n) is 1.82. The first kappa shape index (κ1) is 14.7. The van der Waals surface area contributed by atoms with Crippen molar-refractivity contribution in [1.82, 2.24) is 0 Å². The summed E-state index contributed by atoms with van der Waals surface area (Å²) < 4.78 is 0.759. The average Bonchev–Trinajstić information content (AvgIpc) is 2.43. The van der Waals surface area contributed by atoms with Crippen molar-refractivity contribution in [2.75, 3.05) is 5.32 Å². The maximum atomic E-state index is 9.48. The van der Waals surface area contributed by atoms with E-state index >= 15 is 0 Å². The monoisotopic (exact) mass is 350 g/mol. The van der Waals surface area contributed by atoms with Crippen LogP contribution in [0.3, 0.4) is 0 Å². The Morgan fingerprint density at radius 2 is 1.90 bits per heavy atom. The molecule has 1 unspecified atom stereocenters. The second kappa shape index (κ2) is 5.74. The van der Waals surface area contributed by atoms with Gasteiger partial charge in [0.15, 0.2) is 0 Å². The van der Waals surface area contributed by atoms with Gasteiger partial charge < -0.3 is 10.4 Å². The summed E-state index contributed by atoms with van der Waals surface area (Å²) >= 11 is 9.31. The number of rotatable bonds is 3. The molecule has 2 aromatic rings. The summed E-state index contributed by atoms with van der Waals surface area (Å²) in [6.45, 7) is 1.78. The van der Waals surface area contributed by atoms with Crippen molar-refractivity contribution >= 4 is 33.2 Å². The lowest BCUT2D eigenvalue weighted by molar-refractivity contribution is 0.474. The molecule has 2 rings (SSSR count). The van der Waals surface area contributed by atoms with Gasteiger partial charge in [-0.15, -0.1) is 0 Å². The molecule has 0 aromatic heterocycles. The number of benzene rings is 2. The van der Waals surface area contributed by atoms with Crippen LogP contribution < -0.4 is 5.32 Å². The van der Waals surface area contributed by atoms with E-state index in [0.717, 1.165) is 15.7 Å². The number of nitrogens with one attached hydrogen (secondary N) is 1. The minimum Gasteiger partial charge on any atom is -0.508 e. The van der Waals surface area contributed by atoms with Crippen LogP contribution in [-0.4, -0.2) is 5.11 Å². The number of phenols is 1. The zero-order valence-electron chi connectivity index (χ0n) is 10.7. The van der Waals surface area contributed by atoms with E-state index in [1.54, 1.807) is 37.3 Å². The summed E-state index contributed by atoms with van der Waals surface area (Å²) in [5.74, 6) is 0.170. The van der Waals surface area contributed by atoms with E-state index in [9.17, 15) is 10.4 Å². The first-order valence-corrected chi connectivity index (χ1v) is 7.06. The van der Waals surface area contributed by atoms with Gasteiger partial charge in [0, 0.05) is 10.2 Å². The average molecular weight is 352 g/mol. The Hall–Kier alpha value is -1.70. The molecule has 0 bridgehead atoms. The van der Waals surface area contributed by atoms with Crippen molar-refractivity contribution in [2.24, 2.45) is 0 Å². The van der Waals surface area contributed by atoms with E-state index < -0.39 is 5.54 Å². The van der Waals surface area contributed by atoms with Crippen molar-refractivity contribution in [2.45, 2.75) is 12.5 Å². The Balaban J connectivity index is 2.34. The second-order valence-corrected chi connectivity index (χ2v) is 5.80. The van der Waals surface area contributed by atoms with Gasteiger partial charge in [0.1, 0.15) is 11.3 Å². The quantitative estimate of drug-likeness (QED) is 0.845. The first-order chi connectivity index (χ1) is 9.44. The van der Waals surface area contributed by atoms with Crippen LogP contribution in [0.5, 0.6) is 5.75 Å². The van der Waals surface area contributed by atoms with Crippen molar-refractivity contribution < 1.29 is 5.11 Å². The number of phenolic OH excluding ortho intramolecular Hbond substituents is 1. The van der Waals surface area contributed by atoms with Crippen LogP contribution in [0, 0.1) is 11.3 Å². The lowest BCUT2D eigenvalue weighted by Crippen LogP contribution is -2.29. The molecular formula is C15H12BrClN2O. The van der Waals surface area contributed by atoms with E-state index in [2.05, 4.69) is 27.3 Å². The van der Waals surface area contributed by atoms with E-state index in [4.69, 9.17) is 11.6 Å². The Kier molecular flexibility index (Phi) is 4.22. The predicted molar refractivity (Wildman–Crippen MR) is 83.8 cm³/mol. The summed E-state index contributed by atoms with van der Waals surface area (Å²) in [6, 6.07) is 14.2. The summed E-state index contributed by atoms with van der Waals surface area (Å²) in [4.78, 5) is 0. The largest absolute Gasteiger partial charge is 0.508 e. The Labute approximate surface area is 130 Å². The highest BCUT2D eigenvalue weighted by atomic mass is 79.9. The third kappa shape index (κ3) is 3.06. The summed E-state index contributed by atoms with van der Waals surface area (Å²) in [5, 5.41) is 22.6. The van der Waals surface area contributed by atoms with Gasteiger partial charge in [-0.25, -0.2) is 0 Å². The fraction of sp³-hybridized carbons (Fsp3) is 0.133. The summed E-state index contributed by atoms with van der Waals surface area (Å²) in [6.07, 6.45) is 0. The number of halogens is 2. The van der Waals surface area contributed by atoms with Gasteiger partial charge in [0.2, 0.25) is 0 Å². The molecule has 0 aliphatic rings. The van der Waals surface area contributed by atoms with Crippen LogP contribution in [0.4, 0.5) is 5.69 Å². The molecule has 0 heterocycles. The lowest BCUT2D eigenvalue weighted by Gasteiger charge is -2.25. The second-order valence-electron chi connectivity index (χ2n) is 4.54. The predicted octanol–water partition coefficient (Wildman–Crippen LogP) is 4.66. The molecule has 0 amide bonds. The Morgan fingerprint density at radius 1 is 1.25 bits per heavy atom. The highest BCUT2D eigenvalue weighted by Gasteiger charge is 2.26. The third-order valence-corrected chi connectivity index (χ3v) is 4.20. The molecule has 102 valence electrons. The molecule has 5 heteroatoms. The SMILES string of the molecule is CC(C#N)(Nc1ccc(Cl)c(Br)c1)c1ccc(O)cc1. The fourth-order valence-corrected chi connectivity index (χ4v) is 2.32. The van der Waals surface area contributed by atoms with Crippen LogP contribution in [0.25, 0.3) is 0 Å². The van der Waals surface area contributed by atoms with Crippen LogP contribution >= 0.6 is 27.5 Å². The maximum absolute atomic E-state index is 9.48. The van der Waals surface area contributed by atoms with Crippen molar-refractivity contribution in [3.8, 4) is 11.8 Å². The topological polar surface area (TPSA) is 56.0 Å². The molecule has 2 N–H and O–H groups in total. The van der Waals surface area contributed by atoms with Gasteiger partial charge in [-0.3, -0.25) is 0 Å². The van der Waals surface area contributed by atoms with Crippen molar-refractivity contribution in [1.29, 1.82) is 5.26 Å². The Morgan fingerprint density at radius 3 is 2.45 bits per heavy atom. The van der Waals surface area contributed by atoms with E-state index in [1.165, 1.54) is 0 Å². The van der Waals surface area contributed by atoms with Crippen LogP contribution in [0.1, 0.15) is 12.5 Å². The van der Waals surface area contributed by atoms with Gasteiger partial charge in [-0.05, 0) is 58.7 Å². The van der Waals surface area contributed by atoms with Crippen molar-refractivity contribution in [3.63, 3.8) is 0 Å². The minimum absolute atomic E-state index is 0.170. The molecular weight excluding hydrogens is 340 g/mol. The molecule has 1 atom stereocenters. The maximum Gasteiger partial charge on any atom is 0.148 e. The van der Waals surface area contributed by atoms with Gasteiger partial charge in [0.05, 0.1) is 11.1 Å². The highest BCUT2D eigenvalue weighted by Crippen LogP contribution is 2.30. The number of nitriles is 1. The third-order valence-electron chi connectivity index (χ3n) is 2.98. The molecule has 0 spiro atoms. The molecule has 20 heavy (non-hydrogen) atoms.